The van der Waals surface area contributed by atoms with Crippen molar-refractivity contribution >= 4 is 15.9 Å². The molecule has 0 saturated heterocycles. The number of nitriles is 1. The Morgan fingerprint density at radius 3 is 2.75 bits per heavy atom. The number of ether oxygens (including phenoxy) is 2. The van der Waals surface area contributed by atoms with E-state index in [2.05, 4.69) is 22.0 Å². The number of alkyl halides is 1. The van der Waals surface area contributed by atoms with E-state index in [1.165, 1.54) is 0 Å². The number of benzene rings is 1. The Bertz CT molecular complexity index is 387. The van der Waals surface area contributed by atoms with Crippen LogP contribution in [0.3, 0.4) is 0 Å². The van der Waals surface area contributed by atoms with Crippen molar-refractivity contribution in [1.82, 2.24) is 0 Å². The van der Waals surface area contributed by atoms with Gasteiger partial charge in [0.2, 0.25) is 0 Å². The molecule has 86 valence electrons. The summed E-state index contributed by atoms with van der Waals surface area (Å²) in [5.74, 6) is 1.43. The minimum Gasteiger partial charge on any atom is -0.497 e. The molecule has 3 nitrogen and oxygen atoms in total. The molecule has 0 radical (unpaired) electrons. The van der Waals surface area contributed by atoms with Gasteiger partial charge in [-0.25, -0.2) is 0 Å². The van der Waals surface area contributed by atoms with Gasteiger partial charge < -0.3 is 9.47 Å². The summed E-state index contributed by atoms with van der Waals surface area (Å²) < 4.78 is 10.7. The van der Waals surface area contributed by atoms with Crippen LogP contribution in [0.1, 0.15) is 18.9 Å². The molecule has 0 aliphatic heterocycles. The highest BCUT2D eigenvalue weighted by atomic mass is 79.9. The predicted molar refractivity (Wildman–Crippen MR) is 65.9 cm³/mol. The summed E-state index contributed by atoms with van der Waals surface area (Å²) in [6, 6.07) is 7.71. The molecule has 0 heterocycles. The minimum atomic E-state index is -0.412. The van der Waals surface area contributed by atoms with Gasteiger partial charge in [-0.05, 0) is 12.5 Å². The van der Waals surface area contributed by atoms with E-state index in [-0.39, 0.29) is 0 Å². The third kappa shape index (κ3) is 3.14. The second-order valence-electron chi connectivity index (χ2n) is 3.25. The molecule has 1 aromatic carbocycles. The lowest BCUT2D eigenvalue weighted by Gasteiger charge is -2.14. The van der Waals surface area contributed by atoms with Crippen molar-refractivity contribution < 1.29 is 9.47 Å². The van der Waals surface area contributed by atoms with Gasteiger partial charge in [-0.3, -0.25) is 0 Å². The van der Waals surface area contributed by atoms with Gasteiger partial charge in [-0.15, -0.1) is 0 Å². The van der Waals surface area contributed by atoms with Crippen molar-refractivity contribution in [2.75, 3.05) is 7.11 Å². The fraction of sp³-hybridized carbons (Fsp3) is 0.417. The molecule has 0 saturated carbocycles. The Kier molecular flexibility index (Phi) is 5.13. The summed E-state index contributed by atoms with van der Waals surface area (Å²) in [4.78, 5) is 0. The van der Waals surface area contributed by atoms with Crippen molar-refractivity contribution in [1.29, 1.82) is 5.26 Å². The molecule has 0 aliphatic rings. The zero-order valence-corrected chi connectivity index (χ0v) is 11.0. The molecule has 4 heteroatoms. The molecule has 1 rings (SSSR count). The molecule has 0 amide bonds. The molecule has 16 heavy (non-hydrogen) atoms. The van der Waals surface area contributed by atoms with E-state index in [4.69, 9.17) is 14.7 Å². The van der Waals surface area contributed by atoms with Gasteiger partial charge in [-0.2, -0.15) is 5.26 Å². The zero-order valence-electron chi connectivity index (χ0n) is 9.37. The third-order valence-corrected chi connectivity index (χ3v) is 2.81. The molecular formula is C12H14BrNO2. The average Bonchev–Trinajstić information content (AvgIpc) is 2.35. The lowest BCUT2D eigenvalue weighted by molar-refractivity contribution is 0.249. The van der Waals surface area contributed by atoms with Crippen molar-refractivity contribution in [3.05, 3.63) is 23.8 Å². The quantitative estimate of drug-likeness (QED) is 0.779. The maximum absolute atomic E-state index is 8.86. The van der Waals surface area contributed by atoms with Crippen molar-refractivity contribution in [2.24, 2.45) is 0 Å². The number of rotatable bonds is 5. The number of hydrogen-bond donors (Lipinski definition) is 0. The van der Waals surface area contributed by atoms with Crippen molar-refractivity contribution in [3.8, 4) is 17.6 Å². The Labute approximate surface area is 104 Å². The number of hydrogen-bond acceptors (Lipinski definition) is 3. The van der Waals surface area contributed by atoms with Gasteiger partial charge in [0.1, 0.15) is 17.6 Å². The lowest BCUT2D eigenvalue weighted by atomic mass is 10.2. The first kappa shape index (κ1) is 12.9. The van der Waals surface area contributed by atoms with Crippen LogP contribution in [0.4, 0.5) is 0 Å². The van der Waals surface area contributed by atoms with E-state index >= 15 is 0 Å². The Hall–Kier alpha value is -1.21. The van der Waals surface area contributed by atoms with Crippen LogP contribution in [0.5, 0.6) is 11.5 Å². The molecule has 1 aromatic rings. The summed E-state index contributed by atoms with van der Waals surface area (Å²) in [7, 11) is 1.61. The first-order valence-electron chi connectivity index (χ1n) is 5.04. The molecule has 1 atom stereocenters. The van der Waals surface area contributed by atoms with Gasteiger partial charge in [0, 0.05) is 17.0 Å². The van der Waals surface area contributed by atoms with E-state index in [0.717, 1.165) is 11.3 Å². The van der Waals surface area contributed by atoms with E-state index in [9.17, 15) is 0 Å². The molecule has 1 unspecified atom stereocenters. The second-order valence-corrected chi connectivity index (χ2v) is 3.81. The zero-order chi connectivity index (χ0) is 12.0. The predicted octanol–water partition coefficient (Wildman–Crippen LogP) is 3.27. The van der Waals surface area contributed by atoms with Gasteiger partial charge in [0.15, 0.2) is 6.10 Å². The van der Waals surface area contributed by atoms with E-state index in [1.54, 1.807) is 13.2 Å². The standard InChI is InChI=1S/C12H14BrNO2/c1-3-10(8-14)16-12-6-11(15-2)5-4-9(12)7-13/h4-6,10H,3,7H2,1-2H3. The minimum absolute atomic E-state index is 0.412. The highest BCUT2D eigenvalue weighted by Crippen LogP contribution is 2.27. The highest BCUT2D eigenvalue weighted by molar-refractivity contribution is 9.08. The third-order valence-electron chi connectivity index (χ3n) is 2.20. The SMILES string of the molecule is CCC(C#N)Oc1cc(OC)ccc1CBr. The van der Waals surface area contributed by atoms with Crippen LogP contribution in [-0.4, -0.2) is 13.2 Å². The Morgan fingerprint density at radius 2 is 2.25 bits per heavy atom. The number of halogens is 1. The fourth-order valence-corrected chi connectivity index (χ4v) is 1.70. The van der Waals surface area contributed by atoms with Crippen LogP contribution in [0.15, 0.2) is 18.2 Å². The van der Waals surface area contributed by atoms with Gasteiger partial charge in [0.25, 0.3) is 0 Å². The molecule has 0 spiro atoms. The Balaban J connectivity index is 2.95. The molecular weight excluding hydrogens is 270 g/mol. The fourth-order valence-electron chi connectivity index (χ4n) is 1.24. The van der Waals surface area contributed by atoms with Crippen LogP contribution >= 0.6 is 15.9 Å². The summed E-state index contributed by atoms with van der Waals surface area (Å²) in [5.41, 5.74) is 1.01. The van der Waals surface area contributed by atoms with Gasteiger partial charge in [-0.1, -0.05) is 28.9 Å². The topological polar surface area (TPSA) is 42.2 Å². The number of methoxy groups -OCH3 is 1. The normalized spacial score (nSPS) is 11.6. The van der Waals surface area contributed by atoms with E-state index in [0.29, 0.717) is 17.5 Å². The van der Waals surface area contributed by atoms with Gasteiger partial charge in [0.05, 0.1) is 7.11 Å². The van der Waals surface area contributed by atoms with Crippen LogP contribution in [0, 0.1) is 11.3 Å². The van der Waals surface area contributed by atoms with Crippen LogP contribution in [0.25, 0.3) is 0 Å². The number of nitrogens with zero attached hydrogens (tertiary/aromatic N) is 1. The molecule has 0 aliphatic carbocycles. The van der Waals surface area contributed by atoms with Crippen molar-refractivity contribution in [3.63, 3.8) is 0 Å². The van der Waals surface area contributed by atoms with E-state index < -0.39 is 6.10 Å². The first-order chi connectivity index (χ1) is 7.74. The molecule has 0 fully saturated rings. The van der Waals surface area contributed by atoms with E-state index in [1.807, 2.05) is 19.1 Å². The summed E-state index contributed by atoms with van der Waals surface area (Å²) >= 11 is 3.38. The largest absolute Gasteiger partial charge is 0.497 e. The smallest absolute Gasteiger partial charge is 0.184 e. The summed E-state index contributed by atoms with van der Waals surface area (Å²) in [6.45, 7) is 1.92. The van der Waals surface area contributed by atoms with Crippen molar-refractivity contribution in [2.45, 2.75) is 24.8 Å². The molecule has 0 N–H and O–H groups in total. The lowest BCUT2D eigenvalue weighted by Crippen LogP contribution is -2.13. The van der Waals surface area contributed by atoms with Crippen LogP contribution in [0.2, 0.25) is 0 Å². The molecule has 0 bridgehead atoms. The molecule has 0 aromatic heterocycles. The maximum atomic E-state index is 8.86. The van der Waals surface area contributed by atoms with Crippen LogP contribution in [-0.2, 0) is 5.33 Å². The van der Waals surface area contributed by atoms with Gasteiger partial charge >= 0.3 is 0 Å². The first-order valence-corrected chi connectivity index (χ1v) is 6.16. The summed E-state index contributed by atoms with van der Waals surface area (Å²) in [5, 5.41) is 9.55. The maximum Gasteiger partial charge on any atom is 0.184 e. The average molecular weight is 284 g/mol. The second kappa shape index (κ2) is 6.39. The highest BCUT2D eigenvalue weighted by Gasteiger charge is 2.10. The summed E-state index contributed by atoms with van der Waals surface area (Å²) in [6.07, 6.45) is 0.250. The monoisotopic (exact) mass is 283 g/mol. The Morgan fingerprint density at radius 1 is 1.50 bits per heavy atom. The van der Waals surface area contributed by atoms with Crippen LogP contribution < -0.4 is 9.47 Å².